The fraction of sp³-hybridized carbons (Fsp3) is 0.286. The average molecular weight is 278 g/mol. The molecule has 19 heavy (non-hydrogen) atoms. The molecule has 1 aromatic carbocycles. The van der Waals surface area contributed by atoms with Gasteiger partial charge in [0, 0.05) is 25.3 Å². The number of nitrogens with zero attached hydrogens (tertiary/aromatic N) is 3. The second kappa shape index (κ2) is 5.45. The van der Waals surface area contributed by atoms with Gasteiger partial charge in [-0.2, -0.15) is 5.10 Å². The maximum Gasteiger partial charge on any atom is 0.257 e. The quantitative estimate of drug-likeness (QED) is 0.865. The fourth-order valence-electron chi connectivity index (χ4n) is 1.88. The van der Waals surface area contributed by atoms with Crippen molar-refractivity contribution in [1.82, 2.24) is 14.7 Å². The molecule has 1 aromatic heterocycles. The Balaban J connectivity index is 2.16. The maximum atomic E-state index is 12.3. The topological polar surface area (TPSA) is 38.1 Å². The van der Waals surface area contributed by atoms with Crippen LogP contribution in [0.1, 0.15) is 28.9 Å². The van der Waals surface area contributed by atoms with Gasteiger partial charge in [0.2, 0.25) is 0 Å². The van der Waals surface area contributed by atoms with Crippen molar-refractivity contribution < 1.29 is 4.79 Å². The summed E-state index contributed by atoms with van der Waals surface area (Å²) in [5.41, 5.74) is 1.63. The van der Waals surface area contributed by atoms with E-state index in [0.29, 0.717) is 10.6 Å². The van der Waals surface area contributed by atoms with Gasteiger partial charge in [-0.25, -0.2) is 0 Å². The first-order valence-electron chi connectivity index (χ1n) is 6.00. The monoisotopic (exact) mass is 277 g/mol. The van der Waals surface area contributed by atoms with Crippen molar-refractivity contribution in [2.75, 3.05) is 7.05 Å². The zero-order chi connectivity index (χ0) is 14.0. The predicted molar refractivity (Wildman–Crippen MR) is 75.2 cm³/mol. The van der Waals surface area contributed by atoms with Crippen LogP contribution >= 0.6 is 11.6 Å². The van der Waals surface area contributed by atoms with E-state index in [0.717, 1.165) is 5.56 Å². The smallest absolute Gasteiger partial charge is 0.257 e. The first kappa shape index (κ1) is 13.6. The van der Waals surface area contributed by atoms with E-state index in [-0.39, 0.29) is 11.9 Å². The molecular weight excluding hydrogens is 262 g/mol. The Morgan fingerprint density at radius 2 is 2.00 bits per heavy atom. The van der Waals surface area contributed by atoms with Crippen LogP contribution in [0, 0.1) is 0 Å². The van der Waals surface area contributed by atoms with Crippen LogP contribution in [0.15, 0.2) is 36.7 Å². The van der Waals surface area contributed by atoms with Crippen LogP contribution in [0.4, 0.5) is 0 Å². The van der Waals surface area contributed by atoms with Gasteiger partial charge in [0.25, 0.3) is 5.91 Å². The summed E-state index contributed by atoms with van der Waals surface area (Å²) in [5.74, 6) is -0.0458. The molecule has 4 nitrogen and oxygen atoms in total. The third kappa shape index (κ3) is 2.96. The molecule has 0 fully saturated rings. The number of carbonyl (C=O) groups excluding carboxylic acids is 1. The van der Waals surface area contributed by atoms with Crippen molar-refractivity contribution in [3.8, 4) is 0 Å². The highest BCUT2D eigenvalue weighted by molar-refractivity contribution is 6.30. The second-order valence-corrected chi connectivity index (χ2v) is 4.98. The number of hydrogen-bond acceptors (Lipinski definition) is 2. The zero-order valence-electron chi connectivity index (χ0n) is 11.2. The molecule has 0 aliphatic heterocycles. The molecule has 0 spiro atoms. The highest BCUT2D eigenvalue weighted by Crippen LogP contribution is 2.22. The number of carbonyl (C=O) groups is 1. The van der Waals surface area contributed by atoms with E-state index >= 15 is 0 Å². The standard InChI is InChI=1S/C14H16ClN3O/c1-10(11-4-6-13(15)7-5-11)18(3)14(19)12-8-16-17(2)9-12/h4-10H,1-3H3. The molecule has 1 amide bonds. The van der Waals surface area contributed by atoms with Crippen LogP contribution in [0.5, 0.6) is 0 Å². The van der Waals surface area contributed by atoms with E-state index in [9.17, 15) is 4.79 Å². The number of amides is 1. The van der Waals surface area contributed by atoms with Crippen LogP contribution < -0.4 is 0 Å². The lowest BCUT2D eigenvalue weighted by Crippen LogP contribution is -2.29. The maximum absolute atomic E-state index is 12.3. The lowest BCUT2D eigenvalue weighted by Gasteiger charge is -2.25. The summed E-state index contributed by atoms with van der Waals surface area (Å²) in [6.07, 6.45) is 3.29. The molecule has 1 atom stereocenters. The summed E-state index contributed by atoms with van der Waals surface area (Å²) in [7, 11) is 3.58. The van der Waals surface area contributed by atoms with Crippen molar-refractivity contribution in [3.63, 3.8) is 0 Å². The molecule has 0 aliphatic carbocycles. The predicted octanol–water partition coefficient (Wildman–Crippen LogP) is 2.91. The van der Waals surface area contributed by atoms with Crippen molar-refractivity contribution in [2.24, 2.45) is 7.05 Å². The second-order valence-electron chi connectivity index (χ2n) is 4.55. The zero-order valence-corrected chi connectivity index (χ0v) is 11.9. The molecule has 5 heteroatoms. The third-order valence-corrected chi connectivity index (χ3v) is 3.46. The number of rotatable bonds is 3. The Labute approximate surface area is 117 Å². The van der Waals surface area contributed by atoms with Gasteiger partial charge in [0.15, 0.2) is 0 Å². The van der Waals surface area contributed by atoms with E-state index in [4.69, 9.17) is 11.6 Å². The van der Waals surface area contributed by atoms with Gasteiger partial charge >= 0.3 is 0 Å². The molecule has 0 aliphatic rings. The summed E-state index contributed by atoms with van der Waals surface area (Å²) >= 11 is 5.87. The number of benzene rings is 1. The van der Waals surface area contributed by atoms with Crippen LogP contribution in [-0.4, -0.2) is 27.6 Å². The van der Waals surface area contributed by atoms with Crippen LogP contribution in [-0.2, 0) is 7.05 Å². The Morgan fingerprint density at radius 1 is 1.37 bits per heavy atom. The molecule has 1 unspecified atom stereocenters. The van der Waals surface area contributed by atoms with Crippen molar-refractivity contribution in [2.45, 2.75) is 13.0 Å². The van der Waals surface area contributed by atoms with Crippen LogP contribution in [0.3, 0.4) is 0 Å². The minimum absolute atomic E-state index is 0.0232. The van der Waals surface area contributed by atoms with Gasteiger partial charge in [0.05, 0.1) is 17.8 Å². The molecule has 0 N–H and O–H groups in total. The Hall–Kier alpha value is -1.81. The van der Waals surface area contributed by atoms with Crippen molar-refractivity contribution in [3.05, 3.63) is 52.8 Å². The van der Waals surface area contributed by atoms with Crippen molar-refractivity contribution in [1.29, 1.82) is 0 Å². The molecule has 100 valence electrons. The lowest BCUT2D eigenvalue weighted by atomic mass is 10.1. The summed E-state index contributed by atoms with van der Waals surface area (Å²) in [6.45, 7) is 1.98. The largest absolute Gasteiger partial charge is 0.335 e. The number of halogens is 1. The number of aromatic nitrogens is 2. The normalized spacial score (nSPS) is 12.2. The summed E-state index contributed by atoms with van der Waals surface area (Å²) in [4.78, 5) is 14.0. The van der Waals surface area contributed by atoms with Gasteiger partial charge in [-0.05, 0) is 24.6 Å². The van der Waals surface area contributed by atoms with Gasteiger partial charge in [-0.15, -0.1) is 0 Å². The van der Waals surface area contributed by atoms with Gasteiger partial charge in [-0.3, -0.25) is 9.48 Å². The highest BCUT2D eigenvalue weighted by atomic mass is 35.5. The molecule has 0 bridgehead atoms. The van der Waals surface area contributed by atoms with Gasteiger partial charge < -0.3 is 4.90 Å². The average Bonchev–Trinajstić information content (AvgIpc) is 2.84. The Kier molecular flexibility index (Phi) is 3.90. The molecule has 2 aromatic rings. The molecule has 0 saturated carbocycles. The SMILES string of the molecule is CC(c1ccc(Cl)cc1)N(C)C(=O)c1cnn(C)c1. The minimum Gasteiger partial charge on any atom is -0.335 e. The van der Waals surface area contributed by atoms with Crippen molar-refractivity contribution >= 4 is 17.5 Å². The Bertz CT molecular complexity index is 577. The van der Waals surface area contributed by atoms with E-state index in [2.05, 4.69) is 5.10 Å². The Morgan fingerprint density at radius 3 is 2.53 bits per heavy atom. The van der Waals surface area contributed by atoms with Crippen LogP contribution in [0.25, 0.3) is 0 Å². The third-order valence-electron chi connectivity index (χ3n) is 3.21. The van der Waals surface area contributed by atoms with E-state index in [1.54, 1.807) is 36.1 Å². The molecule has 0 saturated heterocycles. The lowest BCUT2D eigenvalue weighted by molar-refractivity contribution is 0.0742. The summed E-state index contributed by atoms with van der Waals surface area (Å²) < 4.78 is 1.62. The summed E-state index contributed by atoms with van der Waals surface area (Å²) in [6, 6.07) is 7.50. The van der Waals surface area contributed by atoms with E-state index in [1.165, 1.54) is 0 Å². The van der Waals surface area contributed by atoms with Gasteiger partial charge in [-0.1, -0.05) is 23.7 Å². The van der Waals surface area contributed by atoms with E-state index in [1.807, 2.05) is 31.2 Å². The summed E-state index contributed by atoms with van der Waals surface area (Å²) in [5, 5.41) is 4.71. The van der Waals surface area contributed by atoms with E-state index < -0.39 is 0 Å². The first-order valence-corrected chi connectivity index (χ1v) is 6.38. The molecule has 1 heterocycles. The van der Waals surface area contributed by atoms with Gasteiger partial charge in [0.1, 0.15) is 0 Å². The molecule has 2 rings (SSSR count). The fourth-order valence-corrected chi connectivity index (χ4v) is 2.00. The van der Waals surface area contributed by atoms with Crippen LogP contribution in [0.2, 0.25) is 5.02 Å². The first-order chi connectivity index (χ1) is 8.99. The molecule has 0 radical (unpaired) electrons. The number of hydrogen-bond donors (Lipinski definition) is 0. The number of aryl methyl sites for hydroxylation is 1. The highest BCUT2D eigenvalue weighted by Gasteiger charge is 2.19. The minimum atomic E-state index is -0.0458. The molecular formula is C14H16ClN3O.